The van der Waals surface area contributed by atoms with Crippen LogP contribution in [-0.2, 0) is 0 Å². The van der Waals surface area contributed by atoms with Gasteiger partial charge in [0, 0.05) is 0 Å². The molecule has 0 radical (unpaired) electrons. The van der Waals surface area contributed by atoms with E-state index in [4.69, 9.17) is 0 Å². The average molecular weight is 238 g/mol. The summed E-state index contributed by atoms with van der Waals surface area (Å²) in [5.74, 6) is 1.20. The molecule has 0 nitrogen and oxygen atoms in total. The molecule has 0 saturated carbocycles. The molecule has 2 aromatic carbocycles. The third-order valence-corrected chi connectivity index (χ3v) is 3.76. The van der Waals surface area contributed by atoms with Crippen LogP contribution in [-0.4, -0.2) is 0 Å². The van der Waals surface area contributed by atoms with Crippen molar-refractivity contribution in [2.24, 2.45) is 0 Å². The van der Waals surface area contributed by atoms with Crippen molar-refractivity contribution in [2.75, 3.05) is 0 Å². The van der Waals surface area contributed by atoms with Crippen LogP contribution in [0.5, 0.6) is 0 Å². The van der Waals surface area contributed by atoms with E-state index < -0.39 is 0 Å². The van der Waals surface area contributed by atoms with Crippen LogP contribution in [0.4, 0.5) is 0 Å². The molecule has 0 heteroatoms. The van der Waals surface area contributed by atoms with E-state index in [9.17, 15) is 0 Å². The van der Waals surface area contributed by atoms with Gasteiger partial charge in [0.05, 0.1) is 0 Å². The lowest BCUT2D eigenvalue weighted by Gasteiger charge is -2.24. The second-order valence-electron chi connectivity index (χ2n) is 5.01. The van der Waals surface area contributed by atoms with Crippen LogP contribution in [0.2, 0.25) is 0 Å². The van der Waals surface area contributed by atoms with Gasteiger partial charge in [-0.15, -0.1) is 0 Å². The van der Waals surface area contributed by atoms with Crippen molar-refractivity contribution >= 4 is 0 Å². The molecule has 94 valence electrons. The van der Waals surface area contributed by atoms with Crippen molar-refractivity contribution in [3.63, 3.8) is 0 Å². The first-order valence-corrected chi connectivity index (χ1v) is 6.92. The highest BCUT2D eigenvalue weighted by molar-refractivity contribution is 5.27. The summed E-state index contributed by atoms with van der Waals surface area (Å²) in [6.07, 6.45) is 2.48. The van der Waals surface area contributed by atoms with Crippen molar-refractivity contribution in [1.82, 2.24) is 0 Å². The molecule has 0 aliphatic heterocycles. The summed E-state index contributed by atoms with van der Waals surface area (Å²) in [4.78, 5) is 0. The molecule has 0 aliphatic rings. The van der Waals surface area contributed by atoms with E-state index >= 15 is 0 Å². The van der Waals surface area contributed by atoms with Crippen molar-refractivity contribution in [3.05, 3.63) is 71.8 Å². The average Bonchev–Trinajstić information content (AvgIpc) is 2.46. The first-order chi connectivity index (χ1) is 8.83. The fourth-order valence-electron chi connectivity index (χ4n) is 2.71. The van der Waals surface area contributed by atoms with Crippen LogP contribution in [0.3, 0.4) is 0 Å². The molecule has 0 aromatic heterocycles. The van der Waals surface area contributed by atoms with Crippen LogP contribution in [0, 0.1) is 0 Å². The molecule has 1 unspecified atom stereocenters. The molecule has 2 rings (SSSR count). The van der Waals surface area contributed by atoms with Gasteiger partial charge in [-0.05, 0) is 29.4 Å². The van der Waals surface area contributed by atoms with E-state index in [2.05, 4.69) is 74.5 Å². The first kappa shape index (κ1) is 12.9. The van der Waals surface area contributed by atoms with Crippen LogP contribution >= 0.6 is 0 Å². The second-order valence-corrected chi connectivity index (χ2v) is 5.01. The summed E-state index contributed by atoms with van der Waals surface area (Å²) in [6.45, 7) is 4.62. The summed E-state index contributed by atoms with van der Waals surface area (Å²) < 4.78 is 0. The molecule has 0 bridgehead atoms. The van der Waals surface area contributed by atoms with Gasteiger partial charge >= 0.3 is 0 Å². The third kappa shape index (κ3) is 3.01. The second kappa shape index (κ2) is 6.39. The van der Waals surface area contributed by atoms with Gasteiger partial charge in [-0.2, -0.15) is 0 Å². The van der Waals surface area contributed by atoms with Crippen molar-refractivity contribution in [2.45, 2.75) is 38.5 Å². The lowest BCUT2D eigenvalue weighted by atomic mass is 9.80. The molecule has 0 heterocycles. The fraction of sp³-hybridized carbons (Fsp3) is 0.333. The van der Waals surface area contributed by atoms with Crippen molar-refractivity contribution < 1.29 is 0 Å². The van der Waals surface area contributed by atoms with Gasteiger partial charge in [0.15, 0.2) is 0 Å². The van der Waals surface area contributed by atoms with Gasteiger partial charge in [0.2, 0.25) is 0 Å². The Labute approximate surface area is 111 Å². The van der Waals surface area contributed by atoms with Gasteiger partial charge in [-0.25, -0.2) is 0 Å². The summed E-state index contributed by atoms with van der Waals surface area (Å²) in [5, 5.41) is 0. The molecule has 0 amide bonds. The minimum absolute atomic E-state index is 0.577. The Hall–Kier alpha value is -1.56. The van der Waals surface area contributed by atoms with Crippen molar-refractivity contribution in [3.8, 4) is 0 Å². The maximum Gasteiger partial charge on any atom is -0.00958 e. The SMILES string of the molecule is CCCC(c1ccccc1)[C@H](C)c1ccccc1. The normalized spacial score (nSPS) is 14.1. The maximum absolute atomic E-state index is 2.35. The van der Waals surface area contributed by atoms with Crippen molar-refractivity contribution in [1.29, 1.82) is 0 Å². The van der Waals surface area contributed by atoms with E-state index in [0.717, 1.165) is 0 Å². The molecule has 0 spiro atoms. The van der Waals surface area contributed by atoms with Gasteiger partial charge in [0.25, 0.3) is 0 Å². The van der Waals surface area contributed by atoms with Crippen LogP contribution in [0.15, 0.2) is 60.7 Å². The number of benzene rings is 2. The van der Waals surface area contributed by atoms with Gasteiger partial charge in [-0.1, -0.05) is 80.9 Å². The maximum atomic E-state index is 2.35. The van der Waals surface area contributed by atoms with E-state index in [1.54, 1.807) is 0 Å². The number of hydrogen-bond acceptors (Lipinski definition) is 0. The third-order valence-electron chi connectivity index (χ3n) is 3.76. The van der Waals surface area contributed by atoms with Gasteiger partial charge < -0.3 is 0 Å². The molecule has 0 aliphatic carbocycles. The lowest BCUT2D eigenvalue weighted by molar-refractivity contribution is 0.528. The van der Waals surface area contributed by atoms with Gasteiger partial charge in [0.1, 0.15) is 0 Å². The Bertz CT molecular complexity index is 444. The van der Waals surface area contributed by atoms with Crippen LogP contribution < -0.4 is 0 Å². The molecule has 2 aromatic rings. The largest absolute Gasteiger partial charge is 0.0654 e. The monoisotopic (exact) mass is 238 g/mol. The highest BCUT2D eigenvalue weighted by atomic mass is 14.2. The summed E-state index contributed by atoms with van der Waals surface area (Å²) in [7, 11) is 0. The summed E-state index contributed by atoms with van der Waals surface area (Å²) in [6, 6.07) is 21.8. The zero-order valence-electron chi connectivity index (χ0n) is 11.3. The minimum atomic E-state index is 0.577. The van der Waals surface area contributed by atoms with Crippen LogP contribution in [0.25, 0.3) is 0 Å². The van der Waals surface area contributed by atoms with Gasteiger partial charge in [-0.3, -0.25) is 0 Å². The zero-order valence-corrected chi connectivity index (χ0v) is 11.3. The van der Waals surface area contributed by atoms with E-state index in [-0.39, 0.29) is 0 Å². The predicted octanol–water partition coefficient (Wildman–Crippen LogP) is 5.37. The zero-order chi connectivity index (χ0) is 12.8. The molecule has 0 N–H and O–H groups in total. The van der Waals surface area contributed by atoms with E-state index in [0.29, 0.717) is 11.8 Å². The Kier molecular flexibility index (Phi) is 4.58. The van der Waals surface area contributed by atoms with Crippen LogP contribution in [0.1, 0.15) is 49.7 Å². The molecule has 0 saturated heterocycles. The molecule has 18 heavy (non-hydrogen) atoms. The number of hydrogen-bond donors (Lipinski definition) is 0. The fourth-order valence-corrected chi connectivity index (χ4v) is 2.71. The quantitative estimate of drug-likeness (QED) is 0.656. The predicted molar refractivity (Wildman–Crippen MR) is 78.9 cm³/mol. The van der Waals surface area contributed by atoms with E-state index in [1.165, 1.54) is 24.0 Å². The minimum Gasteiger partial charge on any atom is -0.0654 e. The Balaban J connectivity index is 2.26. The molecule has 0 fully saturated rings. The molecular weight excluding hydrogens is 216 g/mol. The first-order valence-electron chi connectivity index (χ1n) is 6.92. The molecule has 2 atom stereocenters. The highest BCUT2D eigenvalue weighted by Gasteiger charge is 2.19. The molecular formula is C18H22. The standard InChI is InChI=1S/C18H22/c1-3-10-18(17-13-8-5-9-14-17)15(2)16-11-6-4-7-12-16/h4-9,11-15,18H,3,10H2,1-2H3/t15-,18?/m1/s1. The Morgan fingerprint density at radius 1 is 0.778 bits per heavy atom. The summed E-state index contributed by atoms with van der Waals surface area (Å²) in [5.41, 5.74) is 2.91. The smallest absolute Gasteiger partial charge is 0.00958 e. The highest BCUT2D eigenvalue weighted by Crippen LogP contribution is 2.35. The summed E-state index contributed by atoms with van der Waals surface area (Å²) >= 11 is 0. The number of rotatable bonds is 5. The Morgan fingerprint density at radius 3 is 1.78 bits per heavy atom. The van der Waals surface area contributed by atoms with E-state index in [1.807, 2.05) is 0 Å². The lowest BCUT2D eigenvalue weighted by Crippen LogP contribution is -2.08. The topological polar surface area (TPSA) is 0 Å². The Morgan fingerprint density at radius 2 is 1.28 bits per heavy atom.